The fraction of sp³-hybridized carbons (Fsp3) is 1.00. The van der Waals surface area contributed by atoms with E-state index < -0.39 is 5.79 Å². The standard InChI is InChI=1S/C22H38O4/c1-15-5-7-19(22(13-15)24-11-12-25-22)17(14-23)6-8-18-16(2)20(3)9-10-21(18,4)26-20/h15-19,23H,5-14H2,1-4H3/t15-,16-,17?,18-,19+,20+,21-/m1/s1. The first-order valence-corrected chi connectivity index (χ1v) is 10.9. The molecule has 0 amide bonds. The normalized spacial score (nSPS) is 48.3. The third kappa shape index (κ3) is 2.96. The minimum Gasteiger partial charge on any atom is -0.396 e. The summed E-state index contributed by atoms with van der Waals surface area (Å²) < 4.78 is 18.8. The van der Waals surface area contributed by atoms with Crippen LogP contribution in [0.4, 0.5) is 0 Å². The molecule has 4 rings (SSSR count). The van der Waals surface area contributed by atoms with E-state index in [4.69, 9.17) is 14.2 Å². The van der Waals surface area contributed by atoms with E-state index >= 15 is 0 Å². The quantitative estimate of drug-likeness (QED) is 0.794. The fourth-order valence-corrected chi connectivity index (χ4v) is 6.86. The van der Waals surface area contributed by atoms with Crippen LogP contribution in [0.25, 0.3) is 0 Å². The Morgan fingerprint density at radius 3 is 2.35 bits per heavy atom. The highest BCUT2D eigenvalue weighted by Crippen LogP contribution is 2.59. The molecule has 3 heterocycles. The third-order valence-corrected chi connectivity index (χ3v) is 8.53. The Morgan fingerprint density at radius 2 is 1.73 bits per heavy atom. The Hall–Kier alpha value is -0.160. The molecule has 1 saturated carbocycles. The maximum atomic E-state index is 10.2. The summed E-state index contributed by atoms with van der Waals surface area (Å²) in [5.74, 6) is 1.99. The number of hydrogen-bond donors (Lipinski definition) is 1. The molecular weight excluding hydrogens is 328 g/mol. The highest BCUT2D eigenvalue weighted by molar-refractivity contribution is 5.09. The Kier molecular flexibility index (Phi) is 4.95. The second kappa shape index (κ2) is 6.72. The molecule has 4 heteroatoms. The maximum Gasteiger partial charge on any atom is 0.171 e. The molecule has 1 unspecified atom stereocenters. The van der Waals surface area contributed by atoms with Crippen molar-refractivity contribution in [2.24, 2.45) is 29.6 Å². The van der Waals surface area contributed by atoms with Gasteiger partial charge in [-0.2, -0.15) is 0 Å². The number of hydrogen-bond acceptors (Lipinski definition) is 4. The summed E-state index contributed by atoms with van der Waals surface area (Å²) in [5.41, 5.74) is 0.0978. The van der Waals surface area contributed by atoms with Crippen LogP contribution in [-0.2, 0) is 14.2 Å². The summed E-state index contributed by atoms with van der Waals surface area (Å²) in [6.07, 6.45) is 7.86. The smallest absolute Gasteiger partial charge is 0.171 e. The van der Waals surface area contributed by atoms with Crippen LogP contribution in [0.3, 0.4) is 0 Å². The molecule has 3 aliphatic heterocycles. The molecule has 26 heavy (non-hydrogen) atoms. The van der Waals surface area contributed by atoms with Gasteiger partial charge >= 0.3 is 0 Å². The van der Waals surface area contributed by atoms with Crippen LogP contribution in [0.1, 0.15) is 72.6 Å². The van der Waals surface area contributed by atoms with Gasteiger partial charge in [0.15, 0.2) is 5.79 Å². The Morgan fingerprint density at radius 1 is 1.04 bits per heavy atom. The first-order chi connectivity index (χ1) is 12.3. The molecule has 150 valence electrons. The van der Waals surface area contributed by atoms with Crippen molar-refractivity contribution >= 4 is 0 Å². The SMILES string of the molecule is C[C@@H]1CC[C@@H](C(CO)CC[C@@H]2[C@@H](C)[C@]3(C)CC[C@@]2(C)O3)C2(C1)OCCO2. The molecule has 1 N–H and O–H groups in total. The Labute approximate surface area is 159 Å². The first-order valence-electron chi connectivity index (χ1n) is 10.9. The van der Waals surface area contributed by atoms with Gasteiger partial charge in [0.2, 0.25) is 0 Å². The highest BCUT2D eigenvalue weighted by atomic mass is 16.7. The predicted octanol–water partition coefficient (Wildman–Crippen LogP) is 4.15. The zero-order valence-electron chi connectivity index (χ0n) is 17.1. The van der Waals surface area contributed by atoms with Gasteiger partial charge in [-0.1, -0.05) is 20.3 Å². The molecule has 0 aromatic heterocycles. The zero-order chi connectivity index (χ0) is 18.6. The van der Waals surface area contributed by atoms with Crippen molar-refractivity contribution in [3.8, 4) is 0 Å². The van der Waals surface area contributed by atoms with E-state index in [1.807, 2.05) is 0 Å². The monoisotopic (exact) mass is 366 g/mol. The summed E-state index contributed by atoms with van der Waals surface area (Å²) >= 11 is 0. The molecule has 0 aromatic carbocycles. The maximum absolute atomic E-state index is 10.2. The number of aliphatic hydroxyl groups excluding tert-OH is 1. The number of ether oxygens (including phenoxy) is 3. The largest absolute Gasteiger partial charge is 0.396 e. The third-order valence-electron chi connectivity index (χ3n) is 8.53. The minimum absolute atomic E-state index is 0.0350. The second-order valence-corrected chi connectivity index (χ2v) is 10.1. The highest BCUT2D eigenvalue weighted by Gasteiger charge is 2.61. The van der Waals surface area contributed by atoms with Crippen LogP contribution in [0.2, 0.25) is 0 Å². The molecular formula is C22H38O4. The van der Waals surface area contributed by atoms with Crippen molar-refractivity contribution < 1.29 is 19.3 Å². The number of rotatable bonds is 5. The average Bonchev–Trinajstić information content (AvgIpc) is 3.22. The van der Waals surface area contributed by atoms with Gasteiger partial charge in [0.1, 0.15) is 0 Å². The lowest BCUT2D eigenvalue weighted by atomic mass is 9.65. The molecule has 3 saturated heterocycles. The van der Waals surface area contributed by atoms with Crippen LogP contribution >= 0.6 is 0 Å². The predicted molar refractivity (Wildman–Crippen MR) is 101 cm³/mol. The number of fused-ring (bicyclic) bond motifs is 2. The first kappa shape index (κ1) is 19.2. The summed E-state index contributed by atoms with van der Waals surface area (Å²) in [6.45, 7) is 10.9. The van der Waals surface area contributed by atoms with Gasteiger partial charge in [-0.05, 0) is 69.6 Å². The Bertz CT molecular complexity index is 516. The van der Waals surface area contributed by atoms with Gasteiger partial charge in [-0.3, -0.25) is 0 Å². The summed E-state index contributed by atoms with van der Waals surface area (Å²) in [4.78, 5) is 0. The van der Waals surface area contributed by atoms with Gasteiger partial charge in [0.05, 0.1) is 24.4 Å². The van der Waals surface area contributed by atoms with Crippen molar-refractivity contribution in [1.82, 2.24) is 0 Å². The van der Waals surface area contributed by atoms with Crippen LogP contribution in [-0.4, -0.2) is 41.9 Å². The van der Waals surface area contributed by atoms with Crippen LogP contribution in [0.15, 0.2) is 0 Å². The molecule has 1 spiro atoms. The minimum atomic E-state index is -0.433. The lowest BCUT2D eigenvalue weighted by Gasteiger charge is -2.45. The van der Waals surface area contributed by atoms with E-state index in [-0.39, 0.29) is 23.7 Å². The molecule has 4 aliphatic rings. The van der Waals surface area contributed by atoms with E-state index in [1.54, 1.807) is 0 Å². The van der Waals surface area contributed by atoms with E-state index in [9.17, 15) is 5.11 Å². The molecule has 7 atom stereocenters. The van der Waals surface area contributed by atoms with E-state index in [2.05, 4.69) is 27.7 Å². The number of aliphatic hydroxyl groups is 1. The molecule has 4 fully saturated rings. The lowest BCUT2D eigenvalue weighted by Crippen LogP contribution is -2.48. The van der Waals surface area contributed by atoms with Crippen LogP contribution in [0.5, 0.6) is 0 Å². The zero-order valence-corrected chi connectivity index (χ0v) is 17.1. The van der Waals surface area contributed by atoms with Crippen LogP contribution in [0, 0.1) is 29.6 Å². The van der Waals surface area contributed by atoms with Crippen molar-refractivity contribution in [3.63, 3.8) is 0 Å². The van der Waals surface area contributed by atoms with Crippen LogP contribution < -0.4 is 0 Å². The van der Waals surface area contributed by atoms with E-state index in [0.29, 0.717) is 36.9 Å². The lowest BCUT2D eigenvalue weighted by molar-refractivity contribution is -0.236. The van der Waals surface area contributed by atoms with Crippen molar-refractivity contribution in [2.75, 3.05) is 19.8 Å². The van der Waals surface area contributed by atoms with Crippen molar-refractivity contribution in [3.05, 3.63) is 0 Å². The average molecular weight is 367 g/mol. The van der Waals surface area contributed by atoms with Gasteiger partial charge in [0, 0.05) is 18.9 Å². The van der Waals surface area contributed by atoms with Gasteiger partial charge in [-0.15, -0.1) is 0 Å². The summed E-state index contributed by atoms with van der Waals surface area (Å²) in [6, 6.07) is 0. The second-order valence-electron chi connectivity index (χ2n) is 10.1. The van der Waals surface area contributed by atoms with E-state index in [1.165, 1.54) is 19.3 Å². The Balaban J connectivity index is 1.45. The summed E-state index contributed by atoms with van der Waals surface area (Å²) in [7, 11) is 0. The molecule has 0 radical (unpaired) electrons. The van der Waals surface area contributed by atoms with Crippen molar-refractivity contribution in [1.29, 1.82) is 0 Å². The van der Waals surface area contributed by atoms with Crippen molar-refractivity contribution in [2.45, 2.75) is 89.6 Å². The topological polar surface area (TPSA) is 47.9 Å². The molecule has 4 nitrogen and oxygen atoms in total. The molecule has 0 aromatic rings. The van der Waals surface area contributed by atoms with Gasteiger partial charge < -0.3 is 19.3 Å². The summed E-state index contributed by atoms with van der Waals surface area (Å²) in [5, 5.41) is 10.2. The van der Waals surface area contributed by atoms with Gasteiger partial charge in [-0.25, -0.2) is 0 Å². The molecule has 1 aliphatic carbocycles. The van der Waals surface area contributed by atoms with E-state index in [0.717, 1.165) is 25.7 Å². The fourth-order valence-electron chi connectivity index (χ4n) is 6.86. The molecule has 2 bridgehead atoms. The van der Waals surface area contributed by atoms with Gasteiger partial charge in [0.25, 0.3) is 0 Å².